The minimum Gasteiger partial charge on any atom is -0.380 e. The first-order valence-corrected chi connectivity index (χ1v) is 8.38. The predicted octanol–water partition coefficient (Wildman–Crippen LogP) is 5.25. The van der Waals surface area contributed by atoms with Crippen molar-refractivity contribution in [1.29, 1.82) is 0 Å². The van der Waals surface area contributed by atoms with Gasteiger partial charge in [0.15, 0.2) is 0 Å². The fourth-order valence-electron chi connectivity index (χ4n) is 2.24. The first kappa shape index (κ1) is 17.3. The van der Waals surface area contributed by atoms with Crippen molar-refractivity contribution in [1.82, 2.24) is 4.98 Å². The molecule has 3 rings (SSSR count). The summed E-state index contributed by atoms with van der Waals surface area (Å²) in [5, 5.41) is 6.94. The molecule has 1 aromatic heterocycles. The Balaban J connectivity index is 1.65. The molecule has 0 aliphatic rings. The van der Waals surface area contributed by atoms with Gasteiger partial charge in [0.1, 0.15) is 5.15 Å². The molecule has 1 amide bonds. The molecule has 2 N–H and O–H groups in total. The van der Waals surface area contributed by atoms with E-state index in [1.807, 2.05) is 36.4 Å². The second kappa shape index (κ2) is 8.01. The van der Waals surface area contributed by atoms with Crippen molar-refractivity contribution in [2.24, 2.45) is 0 Å². The van der Waals surface area contributed by atoms with Crippen LogP contribution in [-0.2, 0) is 6.54 Å². The lowest BCUT2D eigenvalue weighted by Crippen LogP contribution is -2.12. The Morgan fingerprint density at radius 2 is 1.80 bits per heavy atom. The summed E-state index contributed by atoms with van der Waals surface area (Å²) in [4.78, 5) is 16.1. The van der Waals surface area contributed by atoms with Gasteiger partial charge in [0.2, 0.25) is 0 Å². The van der Waals surface area contributed by atoms with Gasteiger partial charge in [0, 0.05) is 18.4 Å². The SMILES string of the molecule is O=C(Nc1ccc(NCc2ccccc2)c(Cl)c1)c1ccc(Cl)nc1. The molecule has 0 atom stereocenters. The molecule has 0 aliphatic carbocycles. The van der Waals surface area contributed by atoms with E-state index >= 15 is 0 Å². The van der Waals surface area contributed by atoms with E-state index in [1.165, 1.54) is 6.20 Å². The Bertz CT molecular complexity index is 868. The van der Waals surface area contributed by atoms with Crippen LogP contribution in [0, 0.1) is 0 Å². The second-order valence-electron chi connectivity index (χ2n) is 5.36. The molecule has 0 saturated heterocycles. The summed E-state index contributed by atoms with van der Waals surface area (Å²) < 4.78 is 0. The molecule has 126 valence electrons. The number of amides is 1. The van der Waals surface area contributed by atoms with Crippen LogP contribution < -0.4 is 10.6 Å². The minimum atomic E-state index is -0.273. The average molecular weight is 372 g/mol. The summed E-state index contributed by atoms with van der Waals surface area (Å²) in [7, 11) is 0. The van der Waals surface area contributed by atoms with Gasteiger partial charge in [-0.3, -0.25) is 4.79 Å². The Morgan fingerprint density at radius 3 is 2.48 bits per heavy atom. The number of anilines is 2. The van der Waals surface area contributed by atoms with Crippen LogP contribution in [0.4, 0.5) is 11.4 Å². The van der Waals surface area contributed by atoms with Gasteiger partial charge in [-0.05, 0) is 35.9 Å². The topological polar surface area (TPSA) is 54.0 Å². The lowest BCUT2D eigenvalue weighted by molar-refractivity contribution is 0.102. The first-order valence-electron chi connectivity index (χ1n) is 7.62. The highest BCUT2D eigenvalue weighted by atomic mass is 35.5. The van der Waals surface area contributed by atoms with Crippen LogP contribution in [0.3, 0.4) is 0 Å². The molecular formula is C19H15Cl2N3O. The van der Waals surface area contributed by atoms with Crippen LogP contribution in [0.15, 0.2) is 66.9 Å². The normalized spacial score (nSPS) is 10.3. The van der Waals surface area contributed by atoms with E-state index in [1.54, 1.807) is 24.3 Å². The average Bonchev–Trinajstić information content (AvgIpc) is 2.62. The van der Waals surface area contributed by atoms with Crippen molar-refractivity contribution in [2.45, 2.75) is 6.54 Å². The molecule has 0 aliphatic heterocycles. The number of nitrogens with one attached hydrogen (secondary N) is 2. The molecule has 0 bridgehead atoms. The van der Waals surface area contributed by atoms with Crippen molar-refractivity contribution in [3.8, 4) is 0 Å². The fraction of sp³-hybridized carbons (Fsp3) is 0.0526. The predicted molar refractivity (Wildman–Crippen MR) is 102 cm³/mol. The maximum Gasteiger partial charge on any atom is 0.257 e. The van der Waals surface area contributed by atoms with Crippen LogP contribution in [0.25, 0.3) is 0 Å². The summed E-state index contributed by atoms with van der Waals surface area (Å²) in [5.41, 5.74) is 2.99. The molecule has 6 heteroatoms. The summed E-state index contributed by atoms with van der Waals surface area (Å²) in [6.07, 6.45) is 1.43. The third-order valence-electron chi connectivity index (χ3n) is 3.54. The fourth-order valence-corrected chi connectivity index (χ4v) is 2.60. The van der Waals surface area contributed by atoms with E-state index in [-0.39, 0.29) is 5.91 Å². The number of rotatable bonds is 5. The minimum absolute atomic E-state index is 0.273. The maximum atomic E-state index is 12.2. The number of carbonyl (C=O) groups is 1. The van der Waals surface area contributed by atoms with E-state index in [2.05, 4.69) is 15.6 Å². The van der Waals surface area contributed by atoms with Crippen molar-refractivity contribution in [3.63, 3.8) is 0 Å². The quantitative estimate of drug-likeness (QED) is 0.602. The van der Waals surface area contributed by atoms with Gasteiger partial charge in [0.05, 0.1) is 16.3 Å². The molecular weight excluding hydrogens is 357 g/mol. The highest BCUT2D eigenvalue weighted by Crippen LogP contribution is 2.26. The van der Waals surface area contributed by atoms with Gasteiger partial charge in [-0.25, -0.2) is 4.98 Å². The molecule has 0 spiro atoms. The Hall–Kier alpha value is -2.56. The van der Waals surface area contributed by atoms with Gasteiger partial charge >= 0.3 is 0 Å². The third kappa shape index (κ3) is 4.72. The number of carbonyl (C=O) groups excluding carboxylic acids is 1. The highest BCUT2D eigenvalue weighted by molar-refractivity contribution is 6.33. The van der Waals surface area contributed by atoms with E-state index in [4.69, 9.17) is 23.2 Å². The Labute approximate surface area is 155 Å². The maximum absolute atomic E-state index is 12.2. The van der Waals surface area contributed by atoms with E-state index in [0.29, 0.717) is 28.0 Å². The van der Waals surface area contributed by atoms with E-state index in [0.717, 1.165) is 11.3 Å². The van der Waals surface area contributed by atoms with Crippen molar-refractivity contribution in [2.75, 3.05) is 10.6 Å². The molecule has 0 radical (unpaired) electrons. The van der Waals surface area contributed by atoms with Crippen molar-refractivity contribution in [3.05, 3.63) is 88.2 Å². The summed E-state index contributed by atoms with van der Waals surface area (Å²) in [5.74, 6) is -0.273. The molecule has 4 nitrogen and oxygen atoms in total. The van der Waals surface area contributed by atoms with Crippen LogP contribution in [-0.4, -0.2) is 10.9 Å². The molecule has 25 heavy (non-hydrogen) atoms. The molecule has 3 aromatic rings. The van der Waals surface area contributed by atoms with Gasteiger partial charge < -0.3 is 10.6 Å². The lowest BCUT2D eigenvalue weighted by Gasteiger charge is -2.11. The summed E-state index contributed by atoms with van der Waals surface area (Å²) >= 11 is 12.0. The monoisotopic (exact) mass is 371 g/mol. The molecule has 0 unspecified atom stereocenters. The zero-order valence-corrected chi connectivity index (χ0v) is 14.7. The molecule has 2 aromatic carbocycles. The summed E-state index contributed by atoms with van der Waals surface area (Å²) in [6, 6.07) is 18.5. The molecule has 0 saturated carbocycles. The van der Waals surface area contributed by atoms with Gasteiger partial charge in [0.25, 0.3) is 5.91 Å². The van der Waals surface area contributed by atoms with Crippen LogP contribution in [0.1, 0.15) is 15.9 Å². The van der Waals surface area contributed by atoms with Crippen molar-refractivity contribution < 1.29 is 4.79 Å². The number of benzene rings is 2. The summed E-state index contributed by atoms with van der Waals surface area (Å²) in [6.45, 7) is 0.669. The second-order valence-corrected chi connectivity index (χ2v) is 6.15. The Kier molecular flexibility index (Phi) is 5.53. The number of halogens is 2. The van der Waals surface area contributed by atoms with Gasteiger partial charge in [-0.15, -0.1) is 0 Å². The highest BCUT2D eigenvalue weighted by Gasteiger charge is 2.08. The number of aromatic nitrogens is 1. The van der Waals surface area contributed by atoms with Crippen LogP contribution in [0.2, 0.25) is 10.2 Å². The van der Waals surface area contributed by atoms with E-state index < -0.39 is 0 Å². The first-order chi connectivity index (χ1) is 12.1. The van der Waals surface area contributed by atoms with Crippen LogP contribution in [0.5, 0.6) is 0 Å². The van der Waals surface area contributed by atoms with Crippen molar-refractivity contribution >= 4 is 40.5 Å². The zero-order valence-electron chi connectivity index (χ0n) is 13.2. The van der Waals surface area contributed by atoms with E-state index in [9.17, 15) is 4.79 Å². The number of hydrogen-bond acceptors (Lipinski definition) is 3. The van der Waals surface area contributed by atoms with Gasteiger partial charge in [-0.1, -0.05) is 53.5 Å². The Morgan fingerprint density at radius 1 is 1.00 bits per heavy atom. The van der Waals surface area contributed by atoms with Gasteiger partial charge in [-0.2, -0.15) is 0 Å². The largest absolute Gasteiger partial charge is 0.380 e. The standard InChI is InChI=1S/C19H15Cl2N3O/c20-16-10-15(24-19(25)14-6-9-18(21)23-12-14)7-8-17(16)22-11-13-4-2-1-3-5-13/h1-10,12,22H,11H2,(H,24,25). The third-order valence-corrected chi connectivity index (χ3v) is 4.08. The molecule has 1 heterocycles. The smallest absolute Gasteiger partial charge is 0.257 e. The zero-order chi connectivity index (χ0) is 17.6. The van der Waals surface area contributed by atoms with Crippen LogP contribution >= 0.6 is 23.2 Å². The molecule has 0 fully saturated rings. The number of nitrogens with zero attached hydrogens (tertiary/aromatic N) is 1. The lowest BCUT2D eigenvalue weighted by atomic mass is 10.2. The number of hydrogen-bond donors (Lipinski definition) is 2. The number of pyridine rings is 1.